The van der Waals surface area contributed by atoms with Crippen molar-refractivity contribution >= 4 is 23.2 Å². The highest BCUT2D eigenvalue weighted by molar-refractivity contribution is 7.07. The molecule has 4 rings (SSSR count). The number of phenols is 1. The first-order chi connectivity index (χ1) is 17.9. The molecule has 0 amide bonds. The summed E-state index contributed by atoms with van der Waals surface area (Å²) in [7, 11) is 5.93. The van der Waals surface area contributed by atoms with Crippen LogP contribution in [0.15, 0.2) is 64.0 Å². The molecule has 0 fully saturated rings. The van der Waals surface area contributed by atoms with Crippen molar-refractivity contribution in [1.82, 2.24) is 4.68 Å². The molecule has 11 heteroatoms. The Labute approximate surface area is 215 Å². The molecule has 37 heavy (non-hydrogen) atoms. The SMILES string of the molecule is COc1ccc(OC)c(-c2csc(=Nc3ccc(F)cc3F)n2N=Cc2cc(OC)c(O)c(OC)c2)c1. The molecule has 192 valence electrons. The highest BCUT2D eigenvalue weighted by atomic mass is 32.1. The molecule has 0 aliphatic carbocycles. The van der Waals surface area contributed by atoms with E-state index in [9.17, 15) is 13.9 Å². The van der Waals surface area contributed by atoms with Crippen LogP contribution in [-0.2, 0) is 0 Å². The molecule has 1 aromatic heterocycles. The predicted molar refractivity (Wildman–Crippen MR) is 137 cm³/mol. The highest BCUT2D eigenvalue weighted by Crippen LogP contribution is 2.37. The number of phenolic OH excluding ortho intramolecular Hbond substituents is 1. The van der Waals surface area contributed by atoms with Crippen molar-refractivity contribution in [3.63, 3.8) is 0 Å². The van der Waals surface area contributed by atoms with Crippen LogP contribution in [0, 0.1) is 11.6 Å². The third-order valence-corrected chi connectivity index (χ3v) is 6.13. The van der Waals surface area contributed by atoms with Crippen molar-refractivity contribution < 1.29 is 32.8 Å². The summed E-state index contributed by atoms with van der Waals surface area (Å²) in [5, 5.41) is 16.6. The zero-order chi connectivity index (χ0) is 26.5. The van der Waals surface area contributed by atoms with Gasteiger partial charge < -0.3 is 24.1 Å². The summed E-state index contributed by atoms with van der Waals surface area (Å²) in [4.78, 5) is 4.69. The third kappa shape index (κ3) is 5.41. The van der Waals surface area contributed by atoms with Crippen molar-refractivity contribution in [2.24, 2.45) is 10.1 Å². The van der Waals surface area contributed by atoms with E-state index in [0.29, 0.717) is 33.1 Å². The summed E-state index contributed by atoms with van der Waals surface area (Å²) in [6.07, 6.45) is 1.51. The largest absolute Gasteiger partial charge is 0.502 e. The van der Waals surface area contributed by atoms with Gasteiger partial charge in [-0.05, 0) is 42.5 Å². The first kappa shape index (κ1) is 25.7. The van der Waals surface area contributed by atoms with Crippen molar-refractivity contribution in [2.45, 2.75) is 0 Å². The maximum absolute atomic E-state index is 14.4. The first-order valence-corrected chi connectivity index (χ1v) is 11.7. The van der Waals surface area contributed by atoms with E-state index in [2.05, 4.69) is 10.1 Å². The Morgan fingerprint density at radius 2 is 1.57 bits per heavy atom. The monoisotopic (exact) mass is 527 g/mol. The minimum atomic E-state index is -0.808. The average Bonchev–Trinajstić information content (AvgIpc) is 3.31. The normalized spacial score (nSPS) is 11.7. The molecule has 8 nitrogen and oxygen atoms in total. The highest BCUT2D eigenvalue weighted by Gasteiger charge is 2.15. The molecule has 0 atom stereocenters. The fourth-order valence-corrected chi connectivity index (χ4v) is 4.32. The topological polar surface area (TPSA) is 86.8 Å². The number of halogens is 2. The summed E-state index contributed by atoms with van der Waals surface area (Å²) in [5.41, 5.74) is 1.73. The van der Waals surface area contributed by atoms with Gasteiger partial charge in [0, 0.05) is 22.6 Å². The van der Waals surface area contributed by atoms with E-state index in [1.54, 1.807) is 49.9 Å². The predicted octanol–water partition coefficient (Wildman–Crippen LogP) is 5.35. The van der Waals surface area contributed by atoms with Crippen LogP contribution < -0.4 is 23.7 Å². The van der Waals surface area contributed by atoms with Crippen LogP contribution in [-0.4, -0.2) is 44.4 Å². The molecule has 0 aliphatic heterocycles. The molecule has 0 radical (unpaired) electrons. The summed E-state index contributed by atoms with van der Waals surface area (Å²) in [6, 6.07) is 11.6. The van der Waals surface area contributed by atoms with Gasteiger partial charge >= 0.3 is 0 Å². The number of rotatable bonds is 8. The molecular formula is C26H23F2N3O5S. The van der Waals surface area contributed by atoms with E-state index in [0.717, 1.165) is 12.1 Å². The zero-order valence-corrected chi connectivity index (χ0v) is 21.2. The standard InChI is InChI=1S/C26H23F2N3O5S/c1-33-17-6-8-22(34-2)18(12-17)21-14-37-26(30-20-7-5-16(27)11-19(20)28)31(21)29-13-15-9-23(35-3)25(32)24(10-15)36-4/h5-14,32H,1-4H3. The molecule has 0 spiro atoms. The van der Waals surface area contributed by atoms with Gasteiger partial charge in [-0.2, -0.15) is 5.10 Å². The van der Waals surface area contributed by atoms with Gasteiger partial charge in [-0.1, -0.05) is 0 Å². The van der Waals surface area contributed by atoms with Crippen LogP contribution in [0.2, 0.25) is 0 Å². The number of aromatic nitrogens is 1. The number of ether oxygens (including phenoxy) is 4. The summed E-state index contributed by atoms with van der Waals surface area (Å²) >= 11 is 1.20. The van der Waals surface area contributed by atoms with Gasteiger partial charge in [0.25, 0.3) is 0 Å². The van der Waals surface area contributed by atoms with Crippen LogP contribution in [0.25, 0.3) is 11.3 Å². The minimum absolute atomic E-state index is 0.0515. The van der Waals surface area contributed by atoms with E-state index in [-0.39, 0.29) is 22.9 Å². The van der Waals surface area contributed by atoms with Crippen LogP contribution >= 0.6 is 11.3 Å². The van der Waals surface area contributed by atoms with Gasteiger partial charge in [0.15, 0.2) is 17.3 Å². The fourth-order valence-electron chi connectivity index (χ4n) is 3.48. The Morgan fingerprint density at radius 1 is 0.865 bits per heavy atom. The Morgan fingerprint density at radius 3 is 2.19 bits per heavy atom. The van der Waals surface area contributed by atoms with E-state index >= 15 is 0 Å². The van der Waals surface area contributed by atoms with Gasteiger partial charge in [-0.25, -0.2) is 18.4 Å². The van der Waals surface area contributed by atoms with E-state index < -0.39 is 11.6 Å². The maximum atomic E-state index is 14.4. The lowest BCUT2D eigenvalue weighted by atomic mass is 10.1. The van der Waals surface area contributed by atoms with Crippen LogP contribution in [0.4, 0.5) is 14.5 Å². The van der Waals surface area contributed by atoms with Gasteiger partial charge in [-0.3, -0.25) is 0 Å². The average molecular weight is 528 g/mol. The van der Waals surface area contributed by atoms with Gasteiger partial charge in [0.1, 0.15) is 23.0 Å². The number of aromatic hydroxyl groups is 1. The Balaban J connectivity index is 1.93. The number of methoxy groups -OCH3 is 4. The van der Waals surface area contributed by atoms with E-state index in [1.165, 1.54) is 42.5 Å². The number of hydrogen-bond acceptors (Lipinski definition) is 8. The zero-order valence-electron chi connectivity index (χ0n) is 20.4. The lowest BCUT2D eigenvalue weighted by molar-refractivity contribution is 0.340. The number of hydrogen-bond donors (Lipinski definition) is 1. The van der Waals surface area contributed by atoms with Crippen molar-refractivity contribution in [2.75, 3.05) is 28.4 Å². The maximum Gasteiger partial charge on any atom is 0.211 e. The number of benzene rings is 3. The van der Waals surface area contributed by atoms with Crippen LogP contribution in [0.5, 0.6) is 28.7 Å². The van der Waals surface area contributed by atoms with Gasteiger partial charge in [-0.15, -0.1) is 11.3 Å². The Bertz CT molecular complexity index is 1510. The molecule has 3 aromatic carbocycles. The second-order valence-electron chi connectivity index (χ2n) is 7.51. The van der Waals surface area contributed by atoms with Gasteiger partial charge in [0.2, 0.25) is 10.6 Å². The molecule has 0 saturated carbocycles. The van der Waals surface area contributed by atoms with E-state index in [4.69, 9.17) is 18.9 Å². The lowest BCUT2D eigenvalue weighted by Gasteiger charge is -2.11. The lowest BCUT2D eigenvalue weighted by Crippen LogP contribution is -2.12. The summed E-state index contributed by atoms with van der Waals surface area (Å²) < 4.78 is 50.7. The van der Waals surface area contributed by atoms with Gasteiger partial charge in [0.05, 0.1) is 40.3 Å². The second-order valence-corrected chi connectivity index (χ2v) is 8.34. The Kier molecular flexibility index (Phi) is 7.73. The molecule has 4 aromatic rings. The number of thiazole rings is 1. The second kappa shape index (κ2) is 11.1. The van der Waals surface area contributed by atoms with Crippen LogP contribution in [0.1, 0.15) is 5.56 Å². The fraction of sp³-hybridized carbons (Fsp3) is 0.154. The molecule has 0 saturated heterocycles. The summed E-state index contributed by atoms with van der Waals surface area (Å²) in [6.45, 7) is 0. The molecule has 1 heterocycles. The molecule has 0 unspecified atom stereocenters. The van der Waals surface area contributed by atoms with Crippen molar-refractivity contribution in [3.8, 4) is 40.0 Å². The van der Waals surface area contributed by atoms with Crippen LogP contribution in [0.3, 0.4) is 0 Å². The summed E-state index contributed by atoms with van der Waals surface area (Å²) in [5.74, 6) is -0.116. The van der Waals surface area contributed by atoms with E-state index in [1.807, 2.05) is 0 Å². The molecule has 0 bridgehead atoms. The van der Waals surface area contributed by atoms with Crippen molar-refractivity contribution in [1.29, 1.82) is 0 Å². The smallest absolute Gasteiger partial charge is 0.211 e. The molecule has 1 N–H and O–H groups in total. The Hall–Kier alpha value is -4.38. The third-order valence-electron chi connectivity index (χ3n) is 5.32. The number of nitrogens with zero attached hydrogens (tertiary/aromatic N) is 3. The first-order valence-electron chi connectivity index (χ1n) is 10.8. The quantitative estimate of drug-likeness (QED) is 0.312. The van der Waals surface area contributed by atoms with Crippen molar-refractivity contribution in [3.05, 3.63) is 75.9 Å². The molecule has 0 aliphatic rings. The minimum Gasteiger partial charge on any atom is -0.502 e. The molecular weight excluding hydrogens is 504 g/mol.